The topological polar surface area (TPSA) is 73.9 Å². The number of hydrogen-bond donors (Lipinski definition) is 1. The van der Waals surface area contributed by atoms with Crippen molar-refractivity contribution < 1.29 is 23.8 Å². The maximum atomic E-state index is 12.8. The van der Waals surface area contributed by atoms with E-state index >= 15 is 0 Å². The third-order valence-electron chi connectivity index (χ3n) is 4.28. The number of benzene rings is 1. The first-order valence-corrected chi connectivity index (χ1v) is 9.26. The number of amides is 1. The van der Waals surface area contributed by atoms with Gasteiger partial charge in [0.15, 0.2) is 11.5 Å². The Balaban J connectivity index is 1.95. The summed E-state index contributed by atoms with van der Waals surface area (Å²) in [5, 5.41) is 3.40. The molecule has 26 heavy (non-hydrogen) atoms. The average Bonchev–Trinajstić information content (AvgIpc) is 3.21. The minimum absolute atomic E-state index is 0.292. The highest BCUT2D eigenvalue weighted by Crippen LogP contribution is 2.40. The Hall–Kier alpha value is -2.54. The van der Waals surface area contributed by atoms with Crippen LogP contribution in [0.1, 0.15) is 44.5 Å². The lowest BCUT2D eigenvalue weighted by molar-refractivity contribution is 0.0527. The molecule has 2 aromatic rings. The van der Waals surface area contributed by atoms with Gasteiger partial charge in [-0.3, -0.25) is 4.79 Å². The Morgan fingerprint density at radius 1 is 1.19 bits per heavy atom. The molecule has 6 nitrogen and oxygen atoms in total. The number of carbonyl (C=O) groups is 2. The van der Waals surface area contributed by atoms with Crippen molar-refractivity contribution in [2.45, 2.75) is 26.2 Å². The van der Waals surface area contributed by atoms with Gasteiger partial charge >= 0.3 is 5.97 Å². The van der Waals surface area contributed by atoms with E-state index in [4.69, 9.17) is 14.2 Å². The van der Waals surface area contributed by atoms with E-state index in [9.17, 15) is 9.59 Å². The molecule has 1 aliphatic carbocycles. The fraction of sp³-hybridized carbons (Fsp3) is 0.368. The molecule has 1 N–H and O–H groups in total. The summed E-state index contributed by atoms with van der Waals surface area (Å²) in [6, 6.07) is 5.10. The van der Waals surface area contributed by atoms with Crippen LogP contribution in [-0.4, -0.2) is 32.7 Å². The molecular formula is C19H21NO5S. The molecule has 3 rings (SSSR count). The van der Waals surface area contributed by atoms with Gasteiger partial charge in [-0.15, -0.1) is 11.3 Å². The van der Waals surface area contributed by atoms with E-state index in [-0.39, 0.29) is 11.9 Å². The molecule has 0 fully saturated rings. The number of anilines is 1. The molecule has 0 spiro atoms. The zero-order valence-electron chi connectivity index (χ0n) is 15.0. The summed E-state index contributed by atoms with van der Waals surface area (Å²) in [5.74, 6) is 0.0831. The van der Waals surface area contributed by atoms with Gasteiger partial charge in [-0.05, 0) is 43.9 Å². The lowest BCUT2D eigenvalue weighted by atomic mass is 10.1. The molecule has 1 heterocycles. The van der Waals surface area contributed by atoms with Crippen LogP contribution in [-0.2, 0) is 17.6 Å². The third kappa shape index (κ3) is 3.26. The minimum Gasteiger partial charge on any atom is -0.493 e. The van der Waals surface area contributed by atoms with Gasteiger partial charge in [-0.2, -0.15) is 0 Å². The number of para-hydroxylation sites is 1. The molecule has 138 valence electrons. The Morgan fingerprint density at radius 2 is 2.00 bits per heavy atom. The first kappa shape index (κ1) is 18.3. The largest absolute Gasteiger partial charge is 0.493 e. The molecule has 0 bridgehead atoms. The van der Waals surface area contributed by atoms with Gasteiger partial charge in [0.1, 0.15) is 5.00 Å². The van der Waals surface area contributed by atoms with E-state index in [0.29, 0.717) is 34.2 Å². The zero-order chi connectivity index (χ0) is 18.7. The smallest absolute Gasteiger partial charge is 0.341 e. The van der Waals surface area contributed by atoms with Crippen LogP contribution in [0.2, 0.25) is 0 Å². The summed E-state index contributed by atoms with van der Waals surface area (Å²) < 4.78 is 15.8. The highest BCUT2D eigenvalue weighted by molar-refractivity contribution is 7.17. The number of carbonyl (C=O) groups excluding carboxylic acids is 2. The van der Waals surface area contributed by atoms with Crippen LogP contribution in [0.3, 0.4) is 0 Å². The van der Waals surface area contributed by atoms with E-state index < -0.39 is 0 Å². The average molecular weight is 375 g/mol. The molecule has 0 atom stereocenters. The molecule has 0 radical (unpaired) electrons. The number of thiophene rings is 1. The van der Waals surface area contributed by atoms with Crippen LogP contribution >= 0.6 is 11.3 Å². The summed E-state index contributed by atoms with van der Waals surface area (Å²) in [6.07, 6.45) is 2.77. The van der Waals surface area contributed by atoms with Gasteiger partial charge in [0.2, 0.25) is 0 Å². The maximum absolute atomic E-state index is 12.8. The van der Waals surface area contributed by atoms with E-state index in [2.05, 4.69) is 5.32 Å². The highest BCUT2D eigenvalue weighted by Gasteiger charge is 2.29. The first-order valence-electron chi connectivity index (χ1n) is 8.44. The van der Waals surface area contributed by atoms with Crippen LogP contribution < -0.4 is 14.8 Å². The maximum Gasteiger partial charge on any atom is 0.341 e. The van der Waals surface area contributed by atoms with Crippen molar-refractivity contribution in [3.05, 3.63) is 39.8 Å². The molecule has 0 aliphatic heterocycles. The Bertz CT molecular complexity index is 843. The van der Waals surface area contributed by atoms with Crippen LogP contribution in [0.4, 0.5) is 5.00 Å². The number of ether oxygens (including phenoxy) is 3. The van der Waals surface area contributed by atoms with Crippen LogP contribution in [0.15, 0.2) is 18.2 Å². The van der Waals surface area contributed by atoms with Crippen molar-refractivity contribution in [2.75, 3.05) is 26.1 Å². The van der Waals surface area contributed by atoms with Crippen molar-refractivity contribution in [1.29, 1.82) is 0 Å². The lowest BCUT2D eigenvalue weighted by Gasteiger charge is -2.13. The molecule has 0 saturated heterocycles. The van der Waals surface area contributed by atoms with Crippen molar-refractivity contribution in [2.24, 2.45) is 0 Å². The van der Waals surface area contributed by atoms with Crippen molar-refractivity contribution >= 4 is 28.2 Å². The van der Waals surface area contributed by atoms with Gasteiger partial charge in [0.25, 0.3) is 5.91 Å². The van der Waals surface area contributed by atoms with Gasteiger partial charge in [0.05, 0.1) is 32.0 Å². The molecule has 1 aromatic heterocycles. The van der Waals surface area contributed by atoms with Crippen molar-refractivity contribution in [1.82, 2.24) is 0 Å². The standard InChI is InChI=1S/C19H21NO5S/c1-4-25-19(22)15-11-7-6-10-14(11)26-18(15)20-17(21)12-8-5-9-13(23-2)16(12)24-3/h5,8-9H,4,6-7,10H2,1-3H3,(H,20,21). The van der Waals surface area contributed by atoms with E-state index in [1.165, 1.54) is 25.6 Å². The molecule has 1 aromatic carbocycles. The minimum atomic E-state index is -0.389. The molecular weight excluding hydrogens is 354 g/mol. The Morgan fingerprint density at radius 3 is 2.69 bits per heavy atom. The SMILES string of the molecule is CCOC(=O)c1c(NC(=O)c2cccc(OC)c2OC)sc2c1CCC2. The first-order chi connectivity index (χ1) is 12.6. The quantitative estimate of drug-likeness (QED) is 0.780. The van der Waals surface area contributed by atoms with Crippen LogP contribution in [0.25, 0.3) is 0 Å². The summed E-state index contributed by atoms with van der Waals surface area (Å²) in [7, 11) is 3.00. The van der Waals surface area contributed by atoms with Crippen molar-refractivity contribution in [3.63, 3.8) is 0 Å². The highest BCUT2D eigenvalue weighted by atomic mass is 32.1. The molecule has 0 saturated carbocycles. The van der Waals surface area contributed by atoms with E-state index in [1.54, 1.807) is 25.1 Å². The number of nitrogens with one attached hydrogen (secondary N) is 1. The second kappa shape index (κ2) is 7.78. The van der Waals surface area contributed by atoms with Crippen LogP contribution in [0, 0.1) is 0 Å². The Labute approximate surface area is 156 Å². The third-order valence-corrected chi connectivity index (χ3v) is 5.48. The molecule has 7 heteroatoms. The fourth-order valence-electron chi connectivity index (χ4n) is 3.15. The molecule has 1 amide bonds. The molecule has 0 unspecified atom stereocenters. The summed E-state index contributed by atoms with van der Waals surface area (Å²) in [4.78, 5) is 26.4. The monoisotopic (exact) mass is 375 g/mol. The van der Waals surface area contributed by atoms with E-state index in [1.807, 2.05) is 0 Å². The summed E-state index contributed by atoms with van der Waals surface area (Å²) in [5.41, 5.74) is 1.83. The predicted octanol–water partition coefficient (Wildman–Crippen LogP) is 3.68. The number of methoxy groups -OCH3 is 2. The number of fused-ring (bicyclic) bond motifs is 1. The van der Waals surface area contributed by atoms with Crippen LogP contribution in [0.5, 0.6) is 11.5 Å². The predicted molar refractivity (Wildman–Crippen MR) is 99.8 cm³/mol. The summed E-state index contributed by atoms with van der Waals surface area (Å²) >= 11 is 1.44. The number of hydrogen-bond acceptors (Lipinski definition) is 6. The van der Waals surface area contributed by atoms with Crippen molar-refractivity contribution in [3.8, 4) is 11.5 Å². The number of esters is 1. The number of aryl methyl sites for hydroxylation is 1. The van der Waals surface area contributed by atoms with Gasteiger partial charge < -0.3 is 19.5 Å². The normalized spacial score (nSPS) is 12.4. The van der Waals surface area contributed by atoms with Gasteiger partial charge in [-0.25, -0.2) is 4.79 Å². The Kier molecular flexibility index (Phi) is 5.46. The van der Waals surface area contributed by atoms with E-state index in [0.717, 1.165) is 29.7 Å². The second-order valence-corrected chi connectivity index (χ2v) is 6.88. The van der Waals surface area contributed by atoms with Gasteiger partial charge in [-0.1, -0.05) is 6.07 Å². The molecule has 1 aliphatic rings. The van der Waals surface area contributed by atoms with Gasteiger partial charge in [0, 0.05) is 4.88 Å². The fourth-order valence-corrected chi connectivity index (χ4v) is 4.42. The number of rotatable bonds is 6. The lowest BCUT2D eigenvalue weighted by Crippen LogP contribution is -2.16. The second-order valence-electron chi connectivity index (χ2n) is 5.78. The zero-order valence-corrected chi connectivity index (χ0v) is 15.8. The summed E-state index contributed by atoms with van der Waals surface area (Å²) in [6.45, 7) is 2.06.